The van der Waals surface area contributed by atoms with Crippen LogP contribution in [0.25, 0.3) is 22.2 Å². The summed E-state index contributed by atoms with van der Waals surface area (Å²) in [4.78, 5) is 27.4. The standard InChI is InChI=1S/C20H13N3O4S/c24-18(25)13-7-5-12(6-8-13)10-21-23-20-22-16(11-28-20)15-9-14-3-1-2-4-17(14)27-19(15)26/h1-11H,(H,22,23)(H,24,25)/b21-10+. The molecule has 0 saturated carbocycles. The van der Waals surface area contributed by atoms with E-state index in [4.69, 9.17) is 9.52 Å². The SMILES string of the molecule is O=C(O)c1ccc(/C=N/Nc2nc(-c3cc4ccccc4oc3=O)cs2)cc1. The number of carbonyl (C=O) groups is 1. The molecular formula is C20H13N3O4S. The Kier molecular flexibility index (Phi) is 4.69. The number of benzene rings is 2. The van der Waals surface area contributed by atoms with Crippen molar-refractivity contribution in [3.05, 3.63) is 81.5 Å². The molecule has 8 heteroatoms. The van der Waals surface area contributed by atoms with Crippen molar-refractivity contribution < 1.29 is 14.3 Å². The zero-order valence-electron chi connectivity index (χ0n) is 14.3. The minimum absolute atomic E-state index is 0.212. The van der Waals surface area contributed by atoms with E-state index in [2.05, 4.69) is 15.5 Å². The lowest BCUT2D eigenvalue weighted by Crippen LogP contribution is -2.02. The first-order valence-electron chi connectivity index (χ1n) is 8.21. The van der Waals surface area contributed by atoms with Crippen LogP contribution in [0.2, 0.25) is 0 Å². The van der Waals surface area contributed by atoms with Crippen LogP contribution in [0.4, 0.5) is 5.13 Å². The minimum Gasteiger partial charge on any atom is -0.478 e. The minimum atomic E-state index is -0.977. The first kappa shape index (κ1) is 17.6. The summed E-state index contributed by atoms with van der Waals surface area (Å²) in [5.74, 6) is -0.977. The maximum absolute atomic E-state index is 12.2. The van der Waals surface area contributed by atoms with Crippen LogP contribution >= 0.6 is 11.3 Å². The van der Waals surface area contributed by atoms with Gasteiger partial charge in [0.2, 0.25) is 5.13 Å². The molecule has 0 saturated heterocycles. The van der Waals surface area contributed by atoms with Gasteiger partial charge in [-0.15, -0.1) is 11.3 Å². The van der Waals surface area contributed by atoms with Crippen molar-refractivity contribution in [1.82, 2.24) is 4.98 Å². The number of para-hydroxylation sites is 1. The van der Waals surface area contributed by atoms with Crippen LogP contribution in [0.1, 0.15) is 15.9 Å². The van der Waals surface area contributed by atoms with E-state index in [1.807, 2.05) is 18.2 Å². The summed E-state index contributed by atoms with van der Waals surface area (Å²) in [6.07, 6.45) is 1.55. The molecule has 0 unspecified atom stereocenters. The molecule has 0 radical (unpaired) electrons. The predicted molar refractivity (Wildman–Crippen MR) is 108 cm³/mol. The Labute approximate surface area is 162 Å². The number of rotatable bonds is 5. The van der Waals surface area contributed by atoms with Crippen molar-refractivity contribution in [2.45, 2.75) is 0 Å². The summed E-state index contributed by atoms with van der Waals surface area (Å²) in [7, 11) is 0. The highest BCUT2D eigenvalue weighted by Crippen LogP contribution is 2.25. The third-order valence-corrected chi connectivity index (χ3v) is 4.70. The highest BCUT2D eigenvalue weighted by atomic mass is 32.1. The van der Waals surface area contributed by atoms with Gasteiger partial charge in [0.1, 0.15) is 5.58 Å². The molecule has 2 heterocycles. The van der Waals surface area contributed by atoms with Gasteiger partial charge in [0.15, 0.2) is 0 Å². The topological polar surface area (TPSA) is 105 Å². The van der Waals surface area contributed by atoms with Gasteiger partial charge in [-0.2, -0.15) is 5.10 Å². The molecule has 7 nitrogen and oxygen atoms in total. The fraction of sp³-hybridized carbons (Fsp3) is 0. The molecule has 138 valence electrons. The van der Waals surface area contributed by atoms with Gasteiger partial charge >= 0.3 is 11.6 Å². The normalized spacial score (nSPS) is 11.1. The number of carboxylic acids is 1. The van der Waals surface area contributed by atoms with Gasteiger partial charge in [0.05, 0.1) is 23.0 Å². The molecule has 0 aliphatic heterocycles. The number of nitrogens with zero attached hydrogens (tertiary/aromatic N) is 2. The number of anilines is 1. The third kappa shape index (κ3) is 3.67. The summed E-state index contributed by atoms with van der Waals surface area (Å²) >= 11 is 1.31. The fourth-order valence-electron chi connectivity index (χ4n) is 2.56. The zero-order chi connectivity index (χ0) is 19.5. The molecule has 28 heavy (non-hydrogen) atoms. The Hall–Kier alpha value is -3.78. The Morgan fingerprint density at radius 3 is 2.75 bits per heavy atom. The molecule has 0 spiro atoms. The van der Waals surface area contributed by atoms with E-state index >= 15 is 0 Å². The van der Waals surface area contributed by atoms with E-state index < -0.39 is 11.6 Å². The first-order chi connectivity index (χ1) is 13.6. The van der Waals surface area contributed by atoms with Crippen LogP contribution in [0.5, 0.6) is 0 Å². The van der Waals surface area contributed by atoms with Crippen LogP contribution in [0.3, 0.4) is 0 Å². The van der Waals surface area contributed by atoms with Gasteiger partial charge < -0.3 is 9.52 Å². The monoisotopic (exact) mass is 391 g/mol. The Morgan fingerprint density at radius 2 is 1.96 bits per heavy atom. The first-order valence-corrected chi connectivity index (χ1v) is 9.09. The molecule has 2 aromatic carbocycles. The zero-order valence-corrected chi connectivity index (χ0v) is 15.1. The highest BCUT2D eigenvalue weighted by Gasteiger charge is 2.11. The van der Waals surface area contributed by atoms with Gasteiger partial charge in [-0.05, 0) is 29.8 Å². The maximum atomic E-state index is 12.2. The smallest absolute Gasteiger partial charge is 0.345 e. The molecule has 0 bridgehead atoms. The highest BCUT2D eigenvalue weighted by molar-refractivity contribution is 7.14. The molecule has 0 amide bonds. The van der Waals surface area contributed by atoms with E-state index in [1.165, 1.54) is 23.5 Å². The number of hydrazone groups is 1. The molecule has 4 aromatic rings. The number of fused-ring (bicyclic) bond motifs is 1. The van der Waals surface area contributed by atoms with Gasteiger partial charge in [-0.3, -0.25) is 5.43 Å². The second-order valence-corrected chi connectivity index (χ2v) is 6.68. The second-order valence-electron chi connectivity index (χ2n) is 5.82. The molecule has 0 aliphatic carbocycles. The average Bonchev–Trinajstić information content (AvgIpc) is 3.16. The molecular weight excluding hydrogens is 378 g/mol. The number of nitrogens with one attached hydrogen (secondary N) is 1. The number of carboxylic acid groups (broad SMARTS) is 1. The summed E-state index contributed by atoms with van der Waals surface area (Å²) in [5, 5.41) is 16.1. The lowest BCUT2D eigenvalue weighted by molar-refractivity contribution is 0.0697. The van der Waals surface area contributed by atoms with E-state index in [0.717, 1.165) is 10.9 Å². The molecule has 2 aromatic heterocycles. The van der Waals surface area contributed by atoms with Crippen LogP contribution in [-0.2, 0) is 0 Å². The largest absolute Gasteiger partial charge is 0.478 e. The number of hydrogen-bond acceptors (Lipinski definition) is 7. The van der Waals surface area contributed by atoms with Gasteiger partial charge in [-0.1, -0.05) is 30.3 Å². The van der Waals surface area contributed by atoms with Crippen molar-refractivity contribution in [2.24, 2.45) is 5.10 Å². The van der Waals surface area contributed by atoms with Crippen molar-refractivity contribution in [3.8, 4) is 11.3 Å². The van der Waals surface area contributed by atoms with E-state index in [9.17, 15) is 9.59 Å². The Balaban J connectivity index is 1.51. The van der Waals surface area contributed by atoms with Gasteiger partial charge in [-0.25, -0.2) is 14.6 Å². The maximum Gasteiger partial charge on any atom is 0.345 e. The summed E-state index contributed by atoms with van der Waals surface area (Å²) in [5.41, 5.74) is 4.73. The molecule has 4 rings (SSSR count). The van der Waals surface area contributed by atoms with Crippen LogP contribution < -0.4 is 11.1 Å². The summed E-state index contributed by atoms with van der Waals surface area (Å²) in [6.45, 7) is 0. The summed E-state index contributed by atoms with van der Waals surface area (Å²) in [6, 6.07) is 15.4. The molecule has 2 N–H and O–H groups in total. The number of thiazole rings is 1. The quantitative estimate of drug-likeness (QED) is 0.302. The fourth-order valence-corrected chi connectivity index (χ4v) is 3.22. The molecule has 0 fully saturated rings. The Bertz CT molecular complexity index is 1240. The van der Waals surface area contributed by atoms with Crippen molar-refractivity contribution in [2.75, 3.05) is 5.43 Å². The van der Waals surface area contributed by atoms with E-state index in [0.29, 0.717) is 22.0 Å². The Morgan fingerprint density at radius 1 is 1.18 bits per heavy atom. The van der Waals surface area contributed by atoms with E-state index in [-0.39, 0.29) is 5.56 Å². The number of aromatic carboxylic acids is 1. The summed E-state index contributed by atoms with van der Waals surface area (Å²) < 4.78 is 5.34. The second kappa shape index (κ2) is 7.45. The number of aromatic nitrogens is 1. The lowest BCUT2D eigenvalue weighted by Gasteiger charge is -1.99. The van der Waals surface area contributed by atoms with Crippen molar-refractivity contribution >= 4 is 39.6 Å². The van der Waals surface area contributed by atoms with Crippen LogP contribution in [-0.4, -0.2) is 22.3 Å². The molecule has 0 atom stereocenters. The van der Waals surface area contributed by atoms with Crippen LogP contribution in [0, 0.1) is 0 Å². The third-order valence-electron chi connectivity index (χ3n) is 3.95. The van der Waals surface area contributed by atoms with E-state index in [1.54, 1.807) is 35.9 Å². The number of hydrogen-bond donors (Lipinski definition) is 2. The predicted octanol–water partition coefficient (Wildman–Crippen LogP) is 4.06. The van der Waals surface area contributed by atoms with Gasteiger partial charge in [0.25, 0.3) is 0 Å². The lowest BCUT2D eigenvalue weighted by atomic mass is 10.1. The molecule has 0 aliphatic rings. The van der Waals surface area contributed by atoms with Crippen molar-refractivity contribution in [3.63, 3.8) is 0 Å². The average molecular weight is 391 g/mol. The van der Waals surface area contributed by atoms with Gasteiger partial charge in [0, 0.05) is 10.8 Å². The van der Waals surface area contributed by atoms with Crippen molar-refractivity contribution in [1.29, 1.82) is 0 Å². The van der Waals surface area contributed by atoms with Crippen LogP contribution in [0.15, 0.2) is 74.3 Å².